The topological polar surface area (TPSA) is 63.7 Å². The maximum Gasteiger partial charge on any atom is 0.155 e. The Labute approximate surface area is 97.7 Å². The van der Waals surface area contributed by atoms with Gasteiger partial charge in [-0.2, -0.15) is 0 Å². The fourth-order valence-electron chi connectivity index (χ4n) is 1.06. The van der Waals surface area contributed by atoms with Gasteiger partial charge in [0.1, 0.15) is 16.4 Å². The summed E-state index contributed by atoms with van der Waals surface area (Å²) in [7, 11) is -2.96. The van der Waals surface area contributed by atoms with Gasteiger partial charge in [0, 0.05) is 18.8 Å². The van der Waals surface area contributed by atoms with Crippen LogP contribution in [0.3, 0.4) is 0 Å². The highest BCUT2D eigenvalue weighted by molar-refractivity contribution is 7.90. The van der Waals surface area contributed by atoms with Gasteiger partial charge in [0.15, 0.2) is 5.78 Å². The molecular formula is C10H21NO4S. The molecule has 0 saturated carbocycles. The zero-order valence-corrected chi connectivity index (χ0v) is 11.2. The van der Waals surface area contributed by atoms with Crippen molar-refractivity contribution in [2.45, 2.75) is 26.8 Å². The van der Waals surface area contributed by atoms with Crippen LogP contribution < -0.4 is 0 Å². The van der Waals surface area contributed by atoms with Crippen molar-refractivity contribution < 1.29 is 17.9 Å². The summed E-state index contributed by atoms with van der Waals surface area (Å²) in [6.07, 6.45) is 1.21. The third kappa shape index (κ3) is 8.82. The van der Waals surface area contributed by atoms with E-state index in [2.05, 4.69) is 0 Å². The Morgan fingerprint density at radius 1 is 1.38 bits per heavy atom. The first kappa shape index (κ1) is 15.5. The highest BCUT2D eigenvalue weighted by Gasteiger charge is 2.12. The number of nitrogens with zero attached hydrogens (tertiary/aromatic N) is 1. The van der Waals surface area contributed by atoms with Gasteiger partial charge in [0.25, 0.3) is 0 Å². The molecule has 0 rings (SSSR count). The van der Waals surface area contributed by atoms with E-state index in [0.29, 0.717) is 6.54 Å². The van der Waals surface area contributed by atoms with Crippen LogP contribution in [-0.2, 0) is 19.4 Å². The molecule has 16 heavy (non-hydrogen) atoms. The molecule has 0 aliphatic carbocycles. The second-order valence-electron chi connectivity index (χ2n) is 4.22. The Kier molecular flexibility index (Phi) is 6.78. The molecule has 96 valence electrons. The van der Waals surface area contributed by atoms with E-state index in [1.54, 1.807) is 0 Å². The number of Topliss-reactive ketones (excluding diaryl/α,β-unsaturated/α-hetero) is 1. The fraction of sp³-hybridized carbons (Fsp3) is 0.900. The highest BCUT2D eigenvalue weighted by atomic mass is 32.2. The molecule has 0 radical (unpaired) electrons. The van der Waals surface area contributed by atoms with Crippen LogP contribution in [0, 0.1) is 0 Å². The molecule has 0 aromatic carbocycles. The van der Waals surface area contributed by atoms with E-state index in [9.17, 15) is 13.2 Å². The third-order valence-corrected chi connectivity index (χ3v) is 2.97. The quantitative estimate of drug-likeness (QED) is 0.581. The number of ether oxygens (including phenoxy) is 1. The van der Waals surface area contributed by atoms with Crippen LogP contribution in [0.5, 0.6) is 0 Å². The molecule has 0 aromatic heterocycles. The molecule has 0 amide bonds. The summed E-state index contributed by atoms with van der Waals surface area (Å²) in [6, 6.07) is 0.189. The van der Waals surface area contributed by atoms with Crippen molar-refractivity contribution in [3.05, 3.63) is 0 Å². The molecule has 6 heteroatoms. The summed E-state index contributed by atoms with van der Waals surface area (Å²) < 4.78 is 27.2. The lowest BCUT2D eigenvalue weighted by molar-refractivity contribution is -0.123. The molecule has 0 atom stereocenters. The second kappa shape index (κ2) is 6.98. The summed E-state index contributed by atoms with van der Waals surface area (Å²) in [6.45, 7) is 6.15. The van der Waals surface area contributed by atoms with Crippen molar-refractivity contribution in [2.24, 2.45) is 0 Å². The number of carbonyl (C=O) groups is 1. The Balaban J connectivity index is 4.03. The highest BCUT2D eigenvalue weighted by Crippen LogP contribution is 1.99. The van der Waals surface area contributed by atoms with Crippen molar-refractivity contribution in [3.63, 3.8) is 0 Å². The number of hydrogen-bond donors (Lipinski definition) is 0. The molecule has 0 unspecified atom stereocenters. The zero-order chi connectivity index (χ0) is 12.8. The minimum Gasteiger partial charge on any atom is -0.358 e. The predicted octanol–water partition coefficient (Wildman–Crippen LogP) is 0.305. The van der Waals surface area contributed by atoms with Gasteiger partial charge < -0.3 is 4.74 Å². The smallest absolute Gasteiger partial charge is 0.155 e. The summed E-state index contributed by atoms with van der Waals surface area (Å²) in [5.74, 6) is 0.0704. The zero-order valence-electron chi connectivity index (χ0n) is 10.4. The van der Waals surface area contributed by atoms with Gasteiger partial charge in [-0.25, -0.2) is 8.42 Å². The first-order valence-corrected chi connectivity index (χ1v) is 7.27. The summed E-state index contributed by atoms with van der Waals surface area (Å²) >= 11 is 0. The van der Waals surface area contributed by atoms with Crippen LogP contribution in [0.4, 0.5) is 0 Å². The SMILES string of the molecule is CC(=O)COCN(CCS(C)(=O)=O)C(C)C. The van der Waals surface area contributed by atoms with Crippen molar-refractivity contribution in [2.75, 3.05) is 31.9 Å². The van der Waals surface area contributed by atoms with Crippen LogP contribution in [0.25, 0.3) is 0 Å². The van der Waals surface area contributed by atoms with Gasteiger partial charge in [-0.15, -0.1) is 0 Å². The van der Waals surface area contributed by atoms with Crippen molar-refractivity contribution >= 4 is 15.6 Å². The average Bonchev–Trinajstić information content (AvgIpc) is 2.07. The molecular weight excluding hydrogens is 230 g/mol. The minimum absolute atomic E-state index is 0.0354. The van der Waals surface area contributed by atoms with E-state index in [1.807, 2.05) is 18.7 Å². The molecule has 0 saturated heterocycles. The van der Waals surface area contributed by atoms with Crippen LogP contribution in [-0.4, -0.2) is 57.0 Å². The van der Waals surface area contributed by atoms with Crippen LogP contribution in [0.15, 0.2) is 0 Å². The Bertz CT molecular complexity index is 311. The Hall–Kier alpha value is -0.460. The van der Waals surface area contributed by atoms with Gasteiger partial charge in [0.2, 0.25) is 0 Å². The van der Waals surface area contributed by atoms with Crippen LogP contribution >= 0.6 is 0 Å². The lowest BCUT2D eigenvalue weighted by Gasteiger charge is -2.25. The number of sulfone groups is 1. The first-order valence-electron chi connectivity index (χ1n) is 5.21. The molecule has 0 bridgehead atoms. The first-order chi connectivity index (χ1) is 7.22. The number of rotatable bonds is 8. The maximum atomic E-state index is 11.0. The molecule has 5 nitrogen and oxygen atoms in total. The van der Waals surface area contributed by atoms with Gasteiger partial charge >= 0.3 is 0 Å². The third-order valence-electron chi connectivity index (χ3n) is 2.04. The number of hydrogen-bond acceptors (Lipinski definition) is 5. The van der Waals surface area contributed by atoms with E-state index in [4.69, 9.17) is 4.74 Å². The van der Waals surface area contributed by atoms with Crippen LogP contribution in [0.1, 0.15) is 20.8 Å². The van der Waals surface area contributed by atoms with E-state index in [1.165, 1.54) is 13.2 Å². The molecule has 0 fully saturated rings. The van der Waals surface area contributed by atoms with E-state index < -0.39 is 9.84 Å². The largest absolute Gasteiger partial charge is 0.358 e. The van der Waals surface area contributed by atoms with Gasteiger partial charge in [-0.1, -0.05) is 0 Å². The fourth-order valence-corrected chi connectivity index (χ4v) is 1.63. The lowest BCUT2D eigenvalue weighted by Crippen LogP contribution is -2.37. The molecule has 0 heterocycles. The van der Waals surface area contributed by atoms with E-state index in [-0.39, 0.29) is 30.9 Å². The van der Waals surface area contributed by atoms with Crippen molar-refractivity contribution in [3.8, 4) is 0 Å². The van der Waals surface area contributed by atoms with Gasteiger partial charge in [-0.3, -0.25) is 9.69 Å². The number of ketones is 1. The maximum absolute atomic E-state index is 11.0. The van der Waals surface area contributed by atoms with Gasteiger partial charge in [0.05, 0.1) is 12.5 Å². The van der Waals surface area contributed by atoms with Crippen molar-refractivity contribution in [1.82, 2.24) is 4.90 Å². The van der Waals surface area contributed by atoms with Crippen molar-refractivity contribution in [1.29, 1.82) is 0 Å². The molecule has 0 spiro atoms. The molecule has 0 aliphatic rings. The Morgan fingerprint density at radius 2 is 1.94 bits per heavy atom. The monoisotopic (exact) mass is 251 g/mol. The summed E-state index contributed by atoms with van der Waals surface area (Å²) in [5.41, 5.74) is 0. The lowest BCUT2D eigenvalue weighted by atomic mass is 10.3. The number of carbonyl (C=O) groups excluding carboxylic acids is 1. The van der Waals surface area contributed by atoms with E-state index >= 15 is 0 Å². The van der Waals surface area contributed by atoms with Gasteiger partial charge in [-0.05, 0) is 20.8 Å². The molecule has 0 aliphatic heterocycles. The average molecular weight is 251 g/mol. The molecule has 0 N–H and O–H groups in total. The molecule has 0 aromatic rings. The summed E-state index contributed by atoms with van der Waals surface area (Å²) in [4.78, 5) is 12.6. The standard InChI is InChI=1S/C10H21NO4S/c1-9(2)11(5-6-16(4,13)14)8-15-7-10(3)12/h9H,5-8H2,1-4H3. The Morgan fingerprint density at radius 3 is 2.31 bits per heavy atom. The van der Waals surface area contributed by atoms with Crippen LogP contribution in [0.2, 0.25) is 0 Å². The minimum atomic E-state index is -2.96. The second-order valence-corrected chi connectivity index (χ2v) is 6.48. The van der Waals surface area contributed by atoms with E-state index in [0.717, 1.165) is 0 Å². The summed E-state index contributed by atoms with van der Waals surface area (Å²) in [5, 5.41) is 0. The normalized spacial score (nSPS) is 12.4. The predicted molar refractivity (Wildman–Crippen MR) is 63.1 cm³/mol.